The molecule has 0 aromatic carbocycles. The second-order valence-electron chi connectivity index (χ2n) is 23.8. The summed E-state index contributed by atoms with van der Waals surface area (Å²) >= 11 is 0. The van der Waals surface area contributed by atoms with Gasteiger partial charge in [-0.2, -0.15) is 0 Å². The van der Waals surface area contributed by atoms with Crippen LogP contribution in [-0.2, 0) is 28.6 Å². The molecule has 0 saturated carbocycles. The normalized spacial score (nSPS) is 12.3. The molecule has 0 aliphatic rings. The van der Waals surface area contributed by atoms with E-state index in [0.717, 1.165) is 96.3 Å². The minimum atomic E-state index is -0.782. The average Bonchev–Trinajstić information content (AvgIpc) is 3.45. The largest absolute Gasteiger partial charge is 0.462 e. The van der Waals surface area contributed by atoms with Gasteiger partial charge in [-0.3, -0.25) is 14.4 Å². The Hall–Kier alpha value is -2.63. The lowest BCUT2D eigenvalue weighted by atomic mass is 10.0. The van der Waals surface area contributed by atoms with Crippen molar-refractivity contribution in [2.45, 2.75) is 386 Å². The molecular formula is C73H134O6. The van der Waals surface area contributed by atoms with Crippen molar-refractivity contribution in [1.29, 1.82) is 0 Å². The van der Waals surface area contributed by atoms with Crippen LogP contribution in [0.4, 0.5) is 0 Å². The fourth-order valence-corrected chi connectivity index (χ4v) is 10.6. The zero-order valence-corrected chi connectivity index (χ0v) is 53.2. The Morgan fingerprint density at radius 1 is 0.266 bits per heavy atom. The summed E-state index contributed by atoms with van der Waals surface area (Å²) in [5.74, 6) is -0.875. The summed E-state index contributed by atoms with van der Waals surface area (Å²) in [6.07, 6.45) is 85.8. The Kier molecular flexibility index (Phi) is 65.6. The SMILES string of the molecule is CC/C=C\C/C=C\C/C=C\CCCCCCCC(=O)OCC(COC(=O)CCCCCCCCCCCCCCCCCCCCCCCCCCCCCCC)OC(=O)CCCCCCCCC/C=C\CCCCCCCC. The van der Waals surface area contributed by atoms with Crippen molar-refractivity contribution in [3.8, 4) is 0 Å². The maximum atomic E-state index is 12.9. The van der Waals surface area contributed by atoms with E-state index in [2.05, 4.69) is 69.4 Å². The van der Waals surface area contributed by atoms with Gasteiger partial charge in [0, 0.05) is 19.3 Å². The van der Waals surface area contributed by atoms with Crippen molar-refractivity contribution in [1.82, 2.24) is 0 Å². The molecule has 0 amide bonds. The van der Waals surface area contributed by atoms with Gasteiger partial charge in [0.05, 0.1) is 0 Å². The van der Waals surface area contributed by atoms with Gasteiger partial charge < -0.3 is 14.2 Å². The standard InChI is InChI=1S/C73H134O6/c1-4-7-10-13-16-19-22-25-28-30-31-32-33-34-35-36-37-38-39-40-41-43-45-48-51-54-57-60-63-66-72(75)78-69-70(68-77-71(74)65-62-59-56-53-50-47-44-27-24-21-18-15-12-9-6-3)79-73(76)67-64-61-58-55-52-49-46-42-29-26-23-20-17-14-11-8-5-2/h9,12,18,21,26-27,29,44,70H,4-8,10-11,13-17,19-20,22-25,28,30-43,45-69H2,1-3H3/b12-9-,21-18-,29-26-,44-27-. The fraction of sp³-hybridized carbons (Fsp3) is 0.849. The lowest BCUT2D eigenvalue weighted by molar-refractivity contribution is -0.167. The van der Waals surface area contributed by atoms with Crippen molar-refractivity contribution in [2.24, 2.45) is 0 Å². The van der Waals surface area contributed by atoms with E-state index in [0.29, 0.717) is 19.3 Å². The highest BCUT2D eigenvalue weighted by Gasteiger charge is 2.19. The molecule has 0 aliphatic heterocycles. The van der Waals surface area contributed by atoms with Crippen LogP contribution in [0.2, 0.25) is 0 Å². The topological polar surface area (TPSA) is 78.9 Å². The van der Waals surface area contributed by atoms with Gasteiger partial charge in [-0.25, -0.2) is 0 Å². The van der Waals surface area contributed by atoms with E-state index in [1.165, 1.54) is 244 Å². The van der Waals surface area contributed by atoms with Gasteiger partial charge in [0.2, 0.25) is 0 Å². The van der Waals surface area contributed by atoms with Crippen molar-refractivity contribution in [2.75, 3.05) is 13.2 Å². The molecule has 0 fully saturated rings. The molecule has 1 unspecified atom stereocenters. The van der Waals surface area contributed by atoms with E-state index < -0.39 is 6.10 Å². The number of carbonyl (C=O) groups excluding carboxylic acids is 3. The maximum Gasteiger partial charge on any atom is 0.306 e. The van der Waals surface area contributed by atoms with Crippen LogP contribution in [0.5, 0.6) is 0 Å². The van der Waals surface area contributed by atoms with Crippen LogP contribution in [0.1, 0.15) is 380 Å². The molecule has 0 bridgehead atoms. The van der Waals surface area contributed by atoms with Crippen molar-refractivity contribution in [3.05, 3.63) is 48.6 Å². The van der Waals surface area contributed by atoms with E-state index in [-0.39, 0.29) is 31.1 Å². The average molecular weight is 1110 g/mol. The number of ether oxygens (including phenoxy) is 3. The van der Waals surface area contributed by atoms with E-state index in [1.807, 2.05) is 0 Å². The Morgan fingerprint density at radius 2 is 0.494 bits per heavy atom. The van der Waals surface area contributed by atoms with E-state index >= 15 is 0 Å². The molecule has 0 spiro atoms. The summed E-state index contributed by atoms with van der Waals surface area (Å²) in [6.45, 7) is 6.57. The first kappa shape index (κ1) is 76.4. The number of esters is 3. The van der Waals surface area contributed by atoms with Gasteiger partial charge in [-0.15, -0.1) is 0 Å². The van der Waals surface area contributed by atoms with Gasteiger partial charge in [-0.05, 0) is 77.0 Å². The van der Waals surface area contributed by atoms with Gasteiger partial charge in [0.25, 0.3) is 0 Å². The van der Waals surface area contributed by atoms with Crippen molar-refractivity contribution >= 4 is 17.9 Å². The molecule has 1 atom stereocenters. The summed E-state index contributed by atoms with van der Waals surface area (Å²) in [5, 5.41) is 0. The van der Waals surface area contributed by atoms with E-state index in [4.69, 9.17) is 14.2 Å². The molecule has 79 heavy (non-hydrogen) atoms. The monoisotopic (exact) mass is 1110 g/mol. The Bertz CT molecular complexity index is 1360. The molecule has 0 heterocycles. The highest BCUT2D eigenvalue weighted by molar-refractivity contribution is 5.71. The zero-order chi connectivity index (χ0) is 57.1. The number of hydrogen-bond donors (Lipinski definition) is 0. The molecule has 0 aliphatic carbocycles. The third kappa shape index (κ3) is 66.1. The molecular weight excluding hydrogens is 973 g/mol. The summed E-state index contributed by atoms with van der Waals surface area (Å²) < 4.78 is 17.0. The third-order valence-corrected chi connectivity index (χ3v) is 15.8. The van der Waals surface area contributed by atoms with Crippen LogP contribution in [0.3, 0.4) is 0 Å². The van der Waals surface area contributed by atoms with E-state index in [9.17, 15) is 14.4 Å². The summed E-state index contributed by atoms with van der Waals surface area (Å²) in [4.78, 5) is 38.4. The predicted octanol–water partition coefficient (Wildman–Crippen LogP) is 24.1. The number of unbranched alkanes of at least 4 members (excludes halogenated alkanes) is 46. The number of rotatable bonds is 65. The number of hydrogen-bond acceptors (Lipinski definition) is 6. The molecule has 6 nitrogen and oxygen atoms in total. The summed E-state index contributed by atoms with van der Waals surface area (Å²) in [7, 11) is 0. The maximum absolute atomic E-state index is 12.9. The first-order valence-corrected chi connectivity index (χ1v) is 35.1. The first-order valence-electron chi connectivity index (χ1n) is 35.1. The van der Waals surface area contributed by atoms with Gasteiger partial charge >= 0.3 is 17.9 Å². The van der Waals surface area contributed by atoms with Crippen LogP contribution >= 0.6 is 0 Å². The van der Waals surface area contributed by atoms with Crippen molar-refractivity contribution < 1.29 is 28.6 Å². The molecule has 0 aromatic heterocycles. The van der Waals surface area contributed by atoms with Crippen molar-refractivity contribution in [3.63, 3.8) is 0 Å². The fourth-order valence-electron chi connectivity index (χ4n) is 10.6. The lowest BCUT2D eigenvalue weighted by Gasteiger charge is -2.18. The molecule has 0 radical (unpaired) electrons. The van der Waals surface area contributed by atoms with Crippen LogP contribution in [-0.4, -0.2) is 37.2 Å². The third-order valence-electron chi connectivity index (χ3n) is 15.8. The highest BCUT2D eigenvalue weighted by Crippen LogP contribution is 2.18. The smallest absolute Gasteiger partial charge is 0.306 e. The second kappa shape index (κ2) is 67.9. The van der Waals surface area contributed by atoms with E-state index in [1.54, 1.807) is 0 Å². The Morgan fingerprint density at radius 3 is 0.785 bits per heavy atom. The lowest BCUT2D eigenvalue weighted by Crippen LogP contribution is -2.30. The molecule has 0 rings (SSSR count). The predicted molar refractivity (Wildman–Crippen MR) is 344 cm³/mol. The number of carbonyl (C=O) groups is 3. The highest BCUT2D eigenvalue weighted by atomic mass is 16.6. The molecule has 0 N–H and O–H groups in total. The molecule has 0 saturated heterocycles. The molecule has 462 valence electrons. The van der Waals surface area contributed by atoms with Gasteiger partial charge in [-0.1, -0.05) is 333 Å². The molecule has 6 heteroatoms. The molecule has 0 aromatic rings. The quantitative estimate of drug-likeness (QED) is 0.0261. The van der Waals surface area contributed by atoms with Crippen LogP contribution in [0, 0.1) is 0 Å². The van der Waals surface area contributed by atoms with Gasteiger partial charge in [0.1, 0.15) is 13.2 Å². The minimum Gasteiger partial charge on any atom is -0.462 e. The van der Waals surface area contributed by atoms with Crippen LogP contribution in [0.15, 0.2) is 48.6 Å². The first-order chi connectivity index (χ1) is 39.0. The number of allylic oxidation sites excluding steroid dienone is 8. The Balaban J connectivity index is 4.20. The van der Waals surface area contributed by atoms with Crippen LogP contribution in [0.25, 0.3) is 0 Å². The van der Waals surface area contributed by atoms with Crippen LogP contribution < -0.4 is 0 Å². The summed E-state index contributed by atoms with van der Waals surface area (Å²) in [6, 6.07) is 0. The summed E-state index contributed by atoms with van der Waals surface area (Å²) in [5.41, 5.74) is 0. The second-order valence-corrected chi connectivity index (χ2v) is 23.8. The zero-order valence-electron chi connectivity index (χ0n) is 53.2. The van der Waals surface area contributed by atoms with Gasteiger partial charge in [0.15, 0.2) is 6.10 Å². The minimum absolute atomic E-state index is 0.0767. The Labute approximate surface area is 492 Å².